The summed E-state index contributed by atoms with van der Waals surface area (Å²) < 4.78 is 9.25. The van der Waals surface area contributed by atoms with Gasteiger partial charge < -0.3 is 8.98 Å². The van der Waals surface area contributed by atoms with Crippen LogP contribution >= 0.6 is 0 Å². The monoisotopic (exact) mass is 690 g/mol. The third-order valence-corrected chi connectivity index (χ3v) is 10.4. The highest BCUT2D eigenvalue weighted by Crippen LogP contribution is 2.44. The lowest BCUT2D eigenvalue weighted by atomic mass is 9.99. The minimum atomic E-state index is 0.589. The molecule has 0 saturated heterocycles. The Labute approximate surface area is 310 Å². The van der Waals surface area contributed by atoms with Crippen molar-refractivity contribution >= 4 is 54.5 Å². The van der Waals surface area contributed by atoms with Crippen molar-refractivity contribution in [2.24, 2.45) is 0 Å². The molecule has 54 heavy (non-hydrogen) atoms. The molecule has 0 amide bonds. The smallest absolute Gasteiger partial charge is 0.164 e. The van der Waals surface area contributed by atoms with E-state index in [1.807, 2.05) is 72.8 Å². The molecule has 0 N–H and O–H groups in total. The Balaban J connectivity index is 1.24. The van der Waals surface area contributed by atoms with Crippen molar-refractivity contribution in [1.82, 2.24) is 19.5 Å². The Morgan fingerprint density at radius 2 is 1.00 bits per heavy atom. The molecule has 0 radical (unpaired) electrons. The van der Waals surface area contributed by atoms with E-state index in [1.165, 1.54) is 21.5 Å². The van der Waals surface area contributed by atoms with Crippen molar-refractivity contribution < 1.29 is 4.42 Å². The van der Waals surface area contributed by atoms with Crippen molar-refractivity contribution in [1.29, 1.82) is 0 Å². The van der Waals surface area contributed by atoms with E-state index in [2.05, 4.69) is 114 Å². The molecule has 5 nitrogen and oxygen atoms in total. The normalized spacial score (nSPS) is 11.7. The zero-order valence-electron chi connectivity index (χ0n) is 29.0. The van der Waals surface area contributed by atoms with Crippen molar-refractivity contribution in [2.75, 3.05) is 0 Å². The maximum atomic E-state index is 6.85. The zero-order valence-corrected chi connectivity index (χ0v) is 29.0. The fourth-order valence-corrected chi connectivity index (χ4v) is 8.01. The molecule has 11 aromatic rings. The molecule has 8 aromatic carbocycles. The third-order valence-electron chi connectivity index (χ3n) is 10.4. The Morgan fingerprint density at radius 3 is 1.72 bits per heavy atom. The number of rotatable bonds is 5. The molecule has 0 atom stereocenters. The molecule has 11 rings (SSSR count). The van der Waals surface area contributed by atoms with Gasteiger partial charge in [-0.2, -0.15) is 0 Å². The van der Waals surface area contributed by atoms with Crippen molar-refractivity contribution in [3.8, 4) is 51.0 Å². The third kappa shape index (κ3) is 4.76. The van der Waals surface area contributed by atoms with Crippen LogP contribution in [0.15, 0.2) is 186 Å². The van der Waals surface area contributed by atoms with Crippen LogP contribution in [0, 0.1) is 0 Å². The quantitative estimate of drug-likeness (QED) is 0.180. The van der Waals surface area contributed by atoms with E-state index in [4.69, 9.17) is 19.4 Å². The van der Waals surface area contributed by atoms with E-state index in [1.54, 1.807) is 0 Å². The fraction of sp³-hybridized carbons (Fsp3) is 0. The highest BCUT2D eigenvalue weighted by atomic mass is 16.3. The summed E-state index contributed by atoms with van der Waals surface area (Å²) in [6, 6.07) is 63.2. The summed E-state index contributed by atoms with van der Waals surface area (Å²) in [5, 5.41) is 6.88. The predicted molar refractivity (Wildman–Crippen MR) is 221 cm³/mol. The lowest BCUT2D eigenvalue weighted by molar-refractivity contribution is 0.670. The largest absolute Gasteiger partial charge is 0.455 e. The molecule has 0 fully saturated rings. The number of benzene rings is 8. The van der Waals surface area contributed by atoms with Gasteiger partial charge in [-0.1, -0.05) is 152 Å². The molecule has 5 heteroatoms. The topological polar surface area (TPSA) is 56.7 Å². The average Bonchev–Trinajstić information content (AvgIpc) is 3.80. The highest BCUT2D eigenvalue weighted by Gasteiger charge is 2.22. The standard InChI is InChI=1S/C49H30N4O/c1-4-15-31(16-5-1)39-29-35(53-41-25-13-12-23-37(41)44-36-22-11-10-17-32(36)27-28-42(44)53)30-40-45-38(24-14-26-43(45)54-46(39)40)49-51-47(33-18-6-2-7-19-33)50-48(52-49)34-20-8-3-9-21-34/h1-30H. The van der Waals surface area contributed by atoms with Crippen molar-refractivity contribution in [3.05, 3.63) is 182 Å². The van der Waals surface area contributed by atoms with Gasteiger partial charge in [0.2, 0.25) is 0 Å². The summed E-state index contributed by atoms with van der Waals surface area (Å²) in [4.78, 5) is 15.2. The van der Waals surface area contributed by atoms with Crippen molar-refractivity contribution in [2.45, 2.75) is 0 Å². The van der Waals surface area contributed by atoms with Gasteiger partial charge in [-0.15, -0.1) is 0 Å². The van der Waals surface area contributed by atoms with E-state index in [9.17, 15) is 0 Å². The first-order valence-electron chi connectivity index (χ1n) is 18.1. The van der Waals surface area contributed by atoms with Crippen LogP contribution in [-0.4, -0.2) is 19.5 Å². The number of para-hydroxylation sites is 1. The number of furan rings is 1. The second-order valence-corrected chi connectivity index (χ2v) is 13.6. The maximum absolute atomic E-state index is 6.85. The molecule has 0 spiro atoms. The summed E-state index contributed by atoms with van der Waals surface area (Å²) in [5.41, 5.74) is 9.76. The summed E-state index contributed by atoms with van der Waals surface area (Å²) in [5.74, 6) is 1.82. The second-order valence-electron chi connectivity index (χ2n) is 13.6. The predicted octanol–water partition coefficient (Wildman–Crippen LogP) is 12.7. The number of nitrogens with zero attached hydrogens (tertiary/aromatic N) is 4. The van der Waals surface area contributed by atoms with Gasteiger partial charge in [0.1, 0.15) is 11.2 Å². The summed E-state index contributed by atoms with van der Waals surface area (Å²) >= 11 is 0. The molecular formula is C49H30N4O. The molecular weight excluding hydrogens is 661 g/mol. The van der Waals surface area contributed by atoms with Gasteiger partial charge >= 0.3 is 0 Å². The molecule has 0 aliphatic heterocycles. The molecule has 3 aromatic heterocycles. The van der Waals surface area contributed by atoms with E-state index in [-0.39, 0.29) is 0 Å². The molecule has 0 bridgehead atoms. The summed E-state index contributed by atoms with van der Waals surface area (Å²) in [6.07, 6.45) is 0. The molecule has 0 saturated carbocycles. The Hall–Kier alpha value is -7.37. The Bertz CT molecular complexity index is 3140. The number of aromatic nitrogens is 4. The summed E-state index contributed by atoms with van der Waals surface area (Å²) in [6.45, 7) is 0. The minimum absolute atomic E-state index is 0.589. The molecule has 252 valence electrons. The molecule has 3 heterocycles. The van der Waals surface area contributed by atoms with Gasteiger partial charge in [-0.25, -0.2) is 15.0 Å². The minimum Gasteiger partial charge on any atom is -0.455 e. The van der Waals surface area contributed by atoms with E-state index >= 15 is 0 Å². The van der Waals surface area contributed by atoms with Crippen LogP contribution in [0.4, 0.5) is 0 Å². The van der Waals surface area contributed by atoms with Gasteiger partial charge in [-0.05, 0) is 46.7 Å². The first-order valence-corrected chi connectivity index (χ1v) is 18.1. The zero-order chi connectivity index (χ0) is 35.6. The van der Waals surface area contributed by atoms with Crippen molar-refractivity contribution in [3.63, 3.8) is 0 Å². The highest BCUT2D eigenvalue weighted by molar-refractivity contribution is 6.22. The first-order chi connectivity index (χ1) is 26.8. The van der Waals surface area contributed by atoms with Gasteiger partial charge in [0.05, 0.1) is 11.0 Å². The molecule has 0 aliphatic carbocycles. The molecule has 0 aliphatic rings. The fourth-order valence-electron chi connectivity index (χ4n) is 8.01. The van der Waals surface area contributed by atoms with E-state index < -0.39 is 0 Å². The van der Waals surface area contributed by atoms with Crippen LogP contribution in [0.1, 0.15) is 0 Å². The summed E-state index contributed by atoms with van der Waals surface area (Å²) in [7, 11) is 0. The first kappa shape index (κ1) is 30.3. The van der Waals surface area contributed by atoms with Crippen LogP contribution in [0.2, 0.25) is 0 Å². The van der Waals surface area contributed by atoms with E-state index in [0.717, 1.165) is 66.5 Å². The van der Waals surface area contributed by atoms with Gasteiger partial charge in [0.25, 0.3) is 0 Å². The van der Waals surface area contributed by atoms with Crippen LogP contribution < -0.4 is 0 Å². The lowest BCUT2D eigenvalue weighted by Crippen LogP contribution is -2.00. The van der Waals surface area contributed by atoms with E-state index in [0.29, 0.717) is 17.5 Å². The van der Waals surface area contributed by atoms with Crippen LogP contribution in [0.25, 0.3) is 105 Å². The number of fused-ring (bicyclic) bond motifs is 8. The average molecular weight is 691 g/mol. The Morgan fingerprint density at radius 1 is 0.389 bits per heavy atom. The van der Waals surface area contributed by atoms with Crippen LogP contribution in [-0.2, 0) is 0 Å². The number of hydrogen-bond donors (Lipinski definition) is 0. The number of hydrogen-bond acceptors (Lipinski definition) is 4. The SMILES string of the molecule is c1ccc(-c2nc(-c3ccccc3)nc(-c3cccc4oc5c(-c6ccccc6)cc(-n6c7ccccc7c7c8ccccc8ccc76)cc5c34)n2)cc1. The lowest BCUT2D eigenvalue weighted by Gasteiger charge is -2.12. The van der Waals surface area contributed by atoms with Crippen LogP contribution in [0.3, 0.4) is 0 Å². The molecule has 0 unspecified atom stereocenters. The Kier molecular flexibility index (Phi) is 6.79. The maximum Gasteiger partial charge on any atom is 0.164 e. The van der Waals surface area contributed by atoms with Gasteiger partial charge in [-0.3, -0.25) is 0 Å². The second kappa shape index (κ2) is 12.1. The van der Waals surface area contributed by atoms with Gasteiger partial charge in [0.15, 0.2) is 17.5 Å². The van der Waals surface area contributed by atoms with Gasteiger partial charge in [0, 0.05) is 49.5 Å². The van der Waals surface area contributed by atoms with Crippen LogP contribution in [0.5, 0.6) is 0 Å².